The zero-order valence-corrected chi connectivity index (χ0v) is 19.8. The highest BCUT2D eigenvalue weighted by molar-refractivity contribution is 5.90. The van der Waals surface area contributed by atoms with E-state index < -0.39 is 12.0 Å². The number of fused-ring (bicyclic) bond motifs is 1. The van der Waals surface area contributed by atoms with E-state index in [9.17, 15) is 18.0 Å². The first kappa shape index (κ1) is 25.0. The van der Waals surface area contributed by atoms with Gasteiger partial charge in [-0.05, 0) is 50.1 Å². The molecular formula is C25H25F3N6O2. The maximum Gasteiger partial charge on any atom is 0.453 e. The Labute approximate surface area is 205 Å². The summed E-state index contributed by atoms with van der Waals surface area (Å²) in [5.74, 6) is -0.379. The number of hydrogen-bond acceptors (Lipinski definition) is 6. The Morgan fingerprint density at radius 3 is 2.44 bits per heavy atom. The molecule has 0 fully saturated rings. The highest BCUT2D eigenvalue weighted by atomic mass is 19.4. The predicted molar refractivity (Wildman–Crippen MR) is 129 cm³/mol. The SMILES string of the molecule is Cc1ccc(OCCCC(=O)Nc2ccc(CNc3cc(C)nc4nc(C(F)(F)F)nn34)cc2)cc1. The fraction of sp³-hybridized carbons (Fsp3) is 0.280. The predicted octanol–water partition coefficient (Wildman–Crippen LogP) is 5.17. The number of rotatable bonds is 9. The minimum Gasteiger partial charge on any atom is -0.494 e. The number of anilines is 2. The lowest BCUT2D eigenvalue weighted by Gasteiger charge is -2.10. The first-order valence-corrected chi connectivity index (χ1v) is 11.3. The number of alkyl halides is 3. The van der Waals surface area contributed by atoms with Crippen molar-refractivity contribution < 1.29 is 22.7 Å². The second-order valence-electron chi connectivity index (χ2n) is 8.29. The Balaban J connectivity index is 1.27. The van der Waals surface area contributed by atoms with Gasteiger partial charge in [0.1, 0.15) is 11.6 Å². The summed E-state index contributed by atoms with van der Waals surface area (Å²) in [7, 11) is 0. The fourth-order valence-electron chi connectivity index (χ4n) is 3.41. The summed E-state index contributed by atoms with van der Waals surface area (Å²) in [4.78, 5) is 19.7. The van der Waals surface area contributed by atoms with Crippen LogP contribution in [0.4, 0.5) is 24.7 Å². The molecule has 1 amide bonds. The van der Waals surface area contributed by atoms with Crippen LogP contribution in [0.15, 0.2) is 54.6 Å². The molecule has 0 aliphatic rings. The van der Waals surface area contributed by atoms with Gasteiger partial charge in [0.25, 0.3) is 11.6 Å². The molecule has 0 aliphatic carbocycles. The third kappa shape index (κ3) is 6.49. The molecular weight excluding hydrogens is 473 g/mol. The zero-order chi connectivity index (χ0) is 25.7. The molecule has 2 N–H and O–H groups in total. The van der Waals surface area contributed by atoms with Crippen molar-refractivity contribution in [2.45, 2.75) is 39.4 Å². The number of hydrogen-bond donors (Lipinski definition) is 2. The van der Waals surface area contributed by atoms with E-state index in [1.54, 1.807) is 25.1 Å². The summed E-state index contributed by atoms with van der Waals surface area (Å²) in [6.45, 7) is 4.44. The Hall–Kier alpha value is -4.15. The van der Waals surface area contributed by atoms with E-state index in [4.69, 9.17) is 4.74 Å². The molecule has 4 rings (SSSR count). The number of amides is 1. The van der Waals surface area contributed by atoms with E-state index in [0.717, 1.165) is 21.4 Å². The first-order valence-electron chi connectivity index (χ1n) is 11.3. The van der Waals surface area contributed by atoms with Crippen LogP contribution in [-0.4, -0.2) is 32.1 Å². The van der Waals surface area contributed by atoms with Crippen molar-refractivity contribution in [2.24, 2.45) is 0 Å². The number of nitrogens with zero attached hydrogens (tertiary/aromatic N) is 4. The zero-order valence-electron chi connectivity index (χ0n) is 19.8. The number of carbonyl (C=O) groups excluding carboxylic acids is 1. The maximum absolute atomic E-state index is 13.0. The van der Waals surface area contributed by atoms with Gasteiger partial charge in [-0.1, -0.05) is 29.8 Å². The number of benzene rings is 2. The van der Waals surface area contributed by atoms with Gasteiger partial charge in [0, 0.05) is 30.4 Å². The topological polar surface area (TPSA) is 93.4 Å². The van der Waals surface area contributed by atoms with Crippen molar-refractivity contribution in [3.05, 3.63) is 77.2 Å². The summed E-state index contributed by atoms with van der Waals surface area (Å²) in [6, 6.07) is 16.5. The highest BCUT2D eigenvalue weighted by Gasteiger charge is 2.36. The van der Waals surface area contributed by atoms with E-state index in [-0.39, 0.29) is 11.7 Å². The smallest absolute Gasteiger partial charge is 0.453 e. The first-order chi connectivity index (χ1) is 17.2. The standard InChI is InChI=1S/C25H25F3N6O2/c1-16-5-11-20(12-6-16)36-13-3-4-22(35)31-19-9-7-18(8-10-19)15-29-21-14-17(2)30-24-32-23(25(26,27)28)33-34(21)24/h5-12,14,29H,3-4,13,15H2,1-2H3,(H,31,35). The summed E-state index contributed by atoms with van der Waals surface area (Å²) < 4.78 is 45.6. The van der Waals surface area contributed by atoms with Gasteiger partial charge in [0.05, 0.1) is 6.61 Å². The molecule has 2 aromatic heterocycles. The van der Waals surface area contributed by atoms with Gasteiger partial charge >= 0.3 is 6.18 Å². The molecule has 0 atom stereocenters. The molecule has 4 aromatic rings. The van der Waals surface area contributed by atoms with Gasteiger partial charge in [-0.3, -0.25) is 4.79 Å². The Morgan fingerprint density at radius 2 is 1.75 bits per heavy atom. The lowest BCUT2D eigenvalue weighted by Crippen LogP contribution is -2.13. The van der Waals surface area contributed by atoms with Gasteiger partial charge in [-0.25, -0.2) is 4.98 Å². The Kier molecular flexibility index (Phi) is 7.37. The lowest BCUT2D eigenvalue weighted by molar-refractivity contribution is -0.144. The van der Waals surface area contributed by atoms with Gasteiger partial charge in [0.15, 0.2) is 0 Å². The maximum atomic E-state index is 13.0. The van der Waals surface area contributed by atoms with E-state index in [1.807, 2.05) is 43.3 Å². The number of carbonyl (C=O) groups is 1. The molecule has 8 nitrogen and oxygen atoms in total. The van der Waals surface area contributed by atoms with Crippen LogP contribution >= 0.6 is 0 Å². The molecule has 0 spiro atoms. The van der Waals surface area contributed by atoms with Crippen molar-refractivity contribution >= 4 is 23.2 Å². The Bertz CT molecular complexity index is 1340. The number of aromatic nitrogens is 4. The van der Waals surface area contributed by atoms with Crippen LogP contribution in [0.3, 0.4) is 0 Å². The van der Waals surface area contributed by atoms with Gasteiger partial charge in [-0.15, -0.1) is 5.10 Å². The van der Waals surface area contributed by atoms with Crippen molar-refractivity contribution in [3.8, 4) is 5.75 Å². The molecule has 0 bridgehead atoms. The van der Waals surface area contributed by atoms with Crippen molar-refractivity contribution in [1.29, 1.82) is 0 Å². The fourth-order valence-corrected chi connectivity index (χ4v) is 3.41. The quantitative estimate of drug-likeness (QED) is 0.309. The molecule has 11 heteroatoms. The molecule has 0 unspecified atom stereocenters. The van der Waals surface area contributed by atoms with E-state index in [0.29, 0.717) is 43.2 Å². The van der Waals surface area contributed by atoms with Crippen LogP contribution in [0.2, 0.25) is 0 Å². The summed E-state index contributed by atoms with van der Waals surface area (Å²) in [5.41, 5.74) is 3.17. The molecule has 0 radical (unpaired) electrons. The third-order valence-electron chi connectivity index (χ3n) is 5.24. The monoisotopic (exact) mass is 498 g/mol. The van der Waals surface area contributed by atoms with Crippen molar-refractivity contribution in [1.82, 2.24) is 19.6 Å². The molecule has 36 heavy (non-hydrogen) atoms. The largest absolute Gasteiger partial charge is 0.494 e. The van der Waals surface area contributed by atoms with Crippen LogP contribution in [0.5, 0.6) is 5.75 Å². The third-order valence-corrected chi connectivity index (χ3v) is 5.24. The van der Waals surface area contributed by atoms with Crippen LogP contribution in [0.1, 0.15) is 35.5 Å². The van der Waals surface area contributed by atoms with Crippen LogP contribution in [0.25, 0.3) is 5.78 Å². The van der Waals surface area contributed by atoms with Gasteiger partial charge in [-0.2, -0.15) is 22.7 Å². The summed E-state index contributed by atoms with van der Waals surface area (Å²) in [5, 5.41) is 9.45. The summed E-state index contributed by atoms with van der Waals surface area (Å²) >= 11 is 0. The van der Waals surface area contributed by atoms with Crippen molar-refractivity contribution in [2.75, 3.05) is 17.2 Å². The second-order valence-corrected chi connectivity index (χ2v) is 8.29. The number of ether oxygens (including phenoxy) is 1. The molecule has 0 saturated carbocycles. The highest BCUT2D eigenvalue weighted by Crippen LogP contribution is 2.27. The van der Waals surface area contributed by atoms with Crippen LogP contribution in [-0.2, 0) is 17.5 Å². The molecule has 2 heterocycles. The second kappa shape index (κ2) is 10.6. The minimum absolute atomic E-state index is 0.116. The van der Waals surface area contributed by atoms with Gasteiger partial charge < -0.3 is 15.4 Å². The molecule has 0 aliphatic heterocycles. The molecule has 188 valence electrons. The number of halogens is 3. The number of aryl methyl sites for hydroxylation is 2. The normalized spacial score (nSPS) is 11.5. The van der Waals surface area contributed by atoms with Gasteiger partial charge in [0.2, 0.25) is 5.91 Å². The number of nitrogens with one attached hydrogen (secondary N) is 2. The van der Waals surface area contributed by atoms with E-state index >= 15 is 0 Å². The summed E-state index contributed by atoms with van der Waals surface area (Å²) in [6.07, 6.45) is -3.75. The Morgan fingerprint density at radius 1 is 1.03 bits per heavy atom. The van der Waals surface area contributed by atoms with E-state index in [2.05, 4.69) is 25.7 Å². The van der Waals surface area contributed by atoms with Crippen LogP contribution in [0, 0.1) is 13.8 Å². The molecule has 0 saturated heterocycles. The molecule has 2 aromatic carbocycles. The lowest BCUT2D eigenvalue weighted by atomic mass is 10.2. The van der Waals surface area contributed by atoms with Crippen molar-refractivity contribution in [3.63, 3.8) is 0 Å². The average Bonchev–Trinajstić information content (AvgIpc) is 3.27. The van der Waals surface area contributed by atoms with E-state index in [1.165, 1.54) is 0 Å². The minimum atomic E-state index is -4.66. The van der Waals surface area contributed by atoms with Crippen LogP contribution < -0.4 is 15.4 Å². The average molecular weight is 499 g/mol.